The van der Waals surface area contributed by atoms with E-state index in [1.807, 2.05) is 0 Å². The number of amides is 1. The van der Waals surface area contributed by atoms with Crippen LogP contribution in [0.3, 0.4) is 0 Å². The summed E-state index contributed by atoms with van der Waals surface area (Å²) in [6, 6.07) is 5.98. The summed E-state index contributed by atoms with van der Waals surface area (Å²) in [5.74, 6) is -0.585. The molecule has 0 fully saturated rings. The number of ether oxygens (including phenoxy) is 3. The molecule has 0 aliphatic rings. The van der Waals surface area contributed by atoms with E-state index < -0.39 is 23.7 Å². The van der Waals surface area contributed by atoms with E-state index in [1.54, 1.807) is 44.2 Å². The fourth-order valence-electron chi connectivity index (χ4n) is 1.58. The van der Waals surface area contributed by atoms with Crippen LogP contribution < -0.4 is 10.9 Å². The molecule has 0 saturated carbocycles. The number of carbonyl (C=O) groups excluding carboxylic acids is 2. The van der Waals surface area contributed by atoms with Gasteiger partial charge in [0, 0.05) is 5.02 Å². The summed E-state index contributed by atoms with van der Waals surface area (Å²) < 4.78 is 15.3. The first-order chi connectivity index (χ1) is 11.8. The predicted octanol–water partition coefficient (Wildman–Crippen LogP) is 2.59. The Hall–Kier alpha value is -2.09. The summed E-state index contributed by atoms with van der Waals surface area (Å²) in [6.07, 6.45) is 0.863. The van der Waals surface area contributed by atoms with Gasteiger partial charge in [-0.1, -0.05) is 29.8 Å². The van der Waals surface area contributed by atoms with E-state index in [0.29, 0.717) is 5.02 Å². The molecule has 0 unspecified atom stereocenters. The van der Waals surface area contributed by atoms with Crippen LogP contribution in [0, 0.1) is 0 Å². The molecule has 0 aromatic heterocycles. The highest BCUT2D eigenvalue weighted by molar-refractivity contribution is 6.30. The highest BCUT2D eigenvalue weighted by atomic mass is 35.5. The van der Waals surface area contributed by atoms with Crippen LogP contribution in [-0.4, -0.2) is 37.4 Å². The minimum Gasteiger partial charge on any atom is -0.468 e. The summed E-state index contributed by atoms with van der Waals surface area (Å²) >= 11 is 5.78. The van der Waals surface area contributed by atoms with Crippen LogP contribution in [-0.2, 0) is 25.6 Å². The molecule has 0 heterocycles. The van der Waals surface area contributed by atoms with Crippen molar-refractivity contribution in [2.45, 2.75) is 32.1 Å². The minimum absolute atomic E-state index is 0.0246. The molecular formula is C17H23ClN2O5. The lowest BCUT2D eigenvalue weighted by Gasteiger charge is -2.24. The SMILES string of the molecule is C=CC(C)(C)OC[C@H](NNC(=O)OCc1ccc(Cl)cc1)C(=O)OC. The molecule has 2 N–H and O–H groups in total. The maximum atomic E-state index is 11.7. The van der Waals surface area contributed by atoms with E-state index in [1.165, 1.54) is 7.11 Å². The van der Waals surface area contributed by atoms with Gasteiger partial charge in [-0.25, -0.2) is 10.2 Å². The number of hydrogen-bond acceptors (Lipinski definition) is 6. The zero-order valence-electron chi connectivity index (χ0n) is 14.5. The first-order valence-electron chi connectivity index (χ1n) is 7.55. The molecule has 138 valence electrons. The van der Waals surface area contributed by atoms with Crippen molar-refractivity contribution in [2.24, 2.45) is 0 Å². The zero-order chi connectivity index (χ0) is 18.9. The number of esters is 1. The van der Waals surface area contributed by atoms with E-state index in [9.17, 15) is 9.59 Å². The fourth-order valence-corrected chi connectivity index (χ4v) is 1.71. The Morgan fingerprint density at radius 2 is 1.96 bits per heavy atom. The molecule has 0 spiro atoms. The summed E-state index contributed by atoms with van der Waals surface area (Å²) in [5, 5.41) is 0.596. The first kappa shape index (κ1) is 21.0. The molecule has 1 rings (SSSR count). The highest BCUT2D eigenvalue weighted by Gasteiger charge is 2.24. The summed E-state index contributed by atoms with van der Waals surface area (Å²) in [5.41, 5.74) is 4.98. The molecule has 0 radical (unpaired) electrons. The molecule has 7 nitrogen and oxygen atoms in total. The second-order valence-electron chi connectivity index (χ2n) is 5.67. The number of halogens is 1. The fraction of sp³-hybridized carbons (Fsp3) is 0.412. The molecule has 25 heavy (non-hydrogen) atoms. The van der Waals surface area contributed by atoms with Crippen LogP contribution >= 0.6 is 11.6 Å². The van der Waals surface area contributed by atoms with Gasteiger partial charge >= 0.3 is 12.1 Å². The van der Waals surface area contributed by atoms with Crippen LogP contribution in [0.4, 0.5) is 4.79 Å². The maximum absolute atomic E-state index is 11.7. The van der Waals surface area contributed by atoms with Gasteiger partial charge in [-0.3, -0.25) is 10.2 Å². The van der Waals surface area contributed by atoms with Crippen LogP contribution in [0.5, 0.6) is 0 Å². The number of methoxy groups -OCH3 is 1. The largest absolute Gasteiger partial charge is 0.468 e. The van der Waals surface area contributed by atoms with Crippen LogP contribution in [0.1, 0.15) is 19.4 Å². The lowest BCUT2D eigenvalue weighted by molar-refractivity contribution is -0.146. The number of hydrogen-bond donors (Lipinski definition) is 2. The Morgan fingerprint density at radius 3 is 2.52 bits per heavy atom. The topological polar surface area (TPSA) is 85.9 Å². The molecule has 1 atom stereocenters. The minimum atomic E-state index is -0.896. The Bertz CT molecular complexity index is 589. The molecule has 0 aliphatic heterocycles. The second kappa shape index (κ2) is 10.0. The Morgan fingerprint density at radius 1 is 1.32 bits per heavy atom. The van der Waals surface area contributed by atoms with E-state index >= 15 is 0 Å². The van der Waals surface area contributed by atoms with Crippen molar-refractivity contribution in [2.75, 3.05) is 13.7 Å². The van der Waals surface area contributed by atoms with Gasteiger partial charge in [-0.15, -0.1) is 6.58 Å². The lowest BCUT2D eigenvalue weighted by atomic mass is 10.1. The Balaban J connectivity index is 2.46. The third-order valence-corrected chi connectivity index (χ3v) is 3.48. The number of nitrogens with one attached hydrogen (secondary N) is 2. The van der Waals surface area contributed by atoms with Gasteiger partial charge in [0.15, 0.2) is 0 Å². The van der Waals surface area contributed by atoms with Crippen molar-refractivity contribution in [3.63, 3.8) is 0 Å². The average Bonchev–Trinajstić information content (AvgIpc) is 2.60. The van der Waals surface area contributed by atoms with E-state index in [2.05, 4.69) is 22.2 Å². The van der Waals surface area contributed by atoms with Crippen molar-refractivity contribution >= 4 is 23.7 Å². The van der Waals surface area contributed by atoms with Crippen molar-refractivity contribution < 1.29 is 23.8 Å². The van der Waals surface area contributed by atoms with Crippen LogP contribution in [0.15, 0.2) is 36.9 Å². The molecule has 1 amide bonds. The summed E-state index contributed by atoms with van der Waals surface area (Å²) in [7, 11) is 1.24. The first-order valence-corrected chi connectivity index (χ1v) is 7.93. The summed E-state index contributed by atoms with van der Waals surface area (Å²) in [4.78, 5) is 23.5. The second-order valence-corrected chi connectivity index (χ2v) is 6.10. The number of hydrazine groups is 1. The maximum Gasteiger partial charge on any atom is 0.421 e. The third-order valence-electron chi connectivity index (χ3n) is 3.23. The molecule has 8 heteroatoms. The smallest absolute Gasteiger partial charge is 0.421 e. The van der Waals surface area contributed by atoms with E-state index in [0.717, 1.165) is 5.56 Å². The van der Waals surface area contributed by atoms with Crippen molar-refractivity contribution in [1.82, 2.24) is 10.9 Å². The predicted molar refractivity (Wildman–Crippen MR) is 93.9 cm³/mol. The Labute approximate surface area is 152 Å². The Kier molecular flexibility index (Phi) is 8.40. The quantitative estimate of drug-likeness (QED) is 0.395. The molecule has 1 aromatic rings. The highest BCUT2D eigenvalue weighted by Crippen LogP contribution is 2.11. The monoisotopic (exact) mass is 370 g/mol. The molecule has 0 saturated heterocycles. The standard InChI is InChI=1S/C17H23ClN2O5/c1-5-17(2,3)25-11-14(15(21)23-4)19-20-16(22)24-10-12-6-8-13(18)9-7-12/h5-9,14,19H,1,10-11H2,2-4H3,(H,20,22)/t14-/m0/s1. The zero-order valence-corrected chi connectivity index (χ0v) is 15.3. The number of benzene rings is 1. The van der Waals surface area contributed by atoms with Crippen LogP contribution in [0.2, 0.25) is 5.02 Å². The number of carbonyl (C=O) groups is 2. The average molecular weight is 371 g/mol. The number of rotatable bonds is 9. The molecular weight excluding hydrogens is 348 g/mol. The molecule has 0 aliphatic carbocycles. The van der Waals surface area contributed by atoms with Crippen LogP contribution in [0.25, 0.3) is 0 Å². The van der Waals surface area contributed by atoms with Gasteiger partial charge in [-0.2, -0.15) is 0 Å². The van der Waals surface area contributed by atoms with Gasteiger partial charge < -0.3 is 14.2 Å². The van der Waals surface area contributed by atoms with Gasteiger partial charge in [0.2, 0.25) is 0 Å². The van der Waals surface area contributed by atoms with Crippen molar-refractivity contribution in [1.29, 1.82) is 0 Å². The van der Waals surface area contributed by atoms with E-state index in [-0.39, 0.29) is 13.2 Å². The summed E-state index contributed by atoms with van der Waals surface area (Å²) in [6.45, 7) is 7.27. The van der Waals surface area contributed by atoms with Gasteiger partial charge in [0.05, 0.1) is 19.3 Å². The van der Waals surface area contributed by atoms with Crippen molar-refractivity contribution in [3.8, 4) is 0 Å². The molecule has 0 bridgehead atoms. The van der Waals surface area contributed by atoms with Gasteiger partial charge in [-0.05, 0) is 31.5 Å². The van der Waals surface area contributed by atoms with Crippen molar-refractivity contribution in [3.05, 3.63) is 47.5 Å². The van der Waals surface area contributed by atoms with E-state index in [4.69, 9.17) is 21.1 Å². The molecule has 1 aromatic carbocycles. The normalized spacial score (nSPS) is 12.2. The third kappa shape index (κ3) is 8.02. The van der Waals surface area contributed by atoms with Gasteiger partial charge in [0.25, 0.3) is 0 Å². The lowest BCUT2D eigenvalue weighted by Crippen LogP contribution is -2.51. The van der Waals surface area contributed by atoms with Gasteiger partial charge in [0.1, 0.15) is 12.6 Å².